The number of hydrogen-bond donors (Lipinski definition) is 0. The highest BCUT2D eigenvalue weighted by Crippen LogP contribution is 2.51. The second-order valence-electron chi connectivity index (χ2n) is 9.86. The van der Waals surface area contributed by atoms with Crippen LogP contribution in [0.5, 0.6) is 0 Å². The Kier molecular flexibility index (Phi) is 5.25. The third kappa shape index (κ3) is 2.95. The molecule has 4 aromatic heterocycles. The number of ether oxygens (including phenoxy) is 1. The lowest BCUT2D eigenvalue weighted by Crippen LogP contribution is -2.33. The molecule has 0 aliphatic carbocycles. The summed E-state index contributed by atoms with van der Waals surface area (Å²) in [6.07, 6.45) is 7.27. The van der Waals surface area contributed by atoms with Gasteiger partial charge in [-0.05, 0) is 68.7 Å². The number of esters is 1. The van der Waals surface area contributed by atoms with Gasteiger partial charge < -0.3 is 13.7 Å². The van der Waals surface area contributed by atoms with Crippen molar-refractivity contribution in [1.29, 1.82) is 0 Å². The van der Waals surface area contributed by atoms with Crippen molar-refractivity contribution >= 4 is 22.4 Å². The number of hydrogen-bond acceptors (Lipinski definition) is 3. The lowest BCUT2D eigenvalue weighted by Gasteiger charge is -2.30. The number of cyclic esters (lactones) is 1. The molecule has 1 aromatic carbocycles. The molecule has 182 valence electrons. The van der Waals surface area contributed by atoms with Gasteiger partial charge in [-0.15, -0.1) is 0 Å². The smallest absolute Gasteiger partial charge is 0.341 e. The minimum Gasteiger partial charge on any atom is -0.437 e. The highest BCUT2D eigenvalue weighted by atomic mass is 16.6. The molecule has 1 unspecified atom stereocenters. The van der Waals surface area contributed by atoms with Crippen LogP contribution in [0.1, 0.15) is 70.3 Å². The zero-order valence-corrected chi connectivity index (χ0v) is 21.3. The van der Waals surface area contributed by atoms with E-state index in [-0.39, 0.29) is 5.97 Å². The molecule has 0 amide bonds. The van der Waals surface area contributed by atoms with E-state index in [2.05, 4.69) is 79.3 Å². The average molecular weight is 478 g/mol. The van der Waals surface area contributed by atoms with Gasteiger partial charge >= 0.3 is 5.97 Å². The molecule has 0 saturated heterocycles. The number of carbonyl (C=O) groups excluding carboxylic acids is 1. The first kappa shape index (κ1) is 22.6. The molecule has 0 spiro atoms. The minimum atomic E-state index is -1.16. The number of para-hydroxylation sites is 1. The molecule has 1 aliphatic rings. The maximum atomic E-state index is 13.5. The Morgan fingerprint density at radius 3 is 2.53 bits per heavy atom. The van der Waals surface area contributed by atoms with Crippen molar-refractivity contribution in [2.45, 2.75) is 59.1 Å². The lowest BCUT2D eigenvalue weighted by atomic mass is 9.82. The van der Waals surface area contributed by atoms with Crippen LogP contribution in [-0.4, -0.2) is 19.9 Å². The largest absolute Gasteiger partial charge is 0.437 e. The Bertz CT molecular complexity index is 1640. The number of pyridine rings is 2. The Labute approximate surface area is 211 Å². The summed E-state index contributed by atoms with van der Waals surface area (Å²) in [5.41, 5.74) is 7.66. The first-order chi connectivity index (χ1) is 17.5. The summed E-state index contributed by atoms with van der Waals surface area (Å²) in [6, 6.07) is 18.3. The van der Waals surface area contributed by atoms with Crippen LogP contribution in [0.25, 0.3) is 16.4 Å². The van der Waals surface area contributed by atoms with Crippen LogP contribution in [0.15, 0.2) is 67.0 Å². The van der Waals surface area contributed by atoms with E-state index in [0.29, 0.717) is 11.3 Å². The predicted molar refractivity (Wildman–Crippen MR) is 143 cm³/mol. The maximum absolute atomic E-state index is 13.5. The molecular weight excluding hydrogens is 446 g/mol. The van der Waals surface area contributed by atoms with E-state index in [1.54, 1.807) is 6.20 Å². The summed E-state index contributed by atoms with van der Waals surface area (Å²) in [4.78, 5) is 18.3. The first-order valence-corrected chi connectivity index (χ1v) is 12.8. The van der Waals surface area contributed by atoms with Crippen molar-refractivity contribution in [1.82, 2.24) is 14.0 Å². The van der Waals surface area contributed by atoms with Gasteiger partial charge in [-0.2, -0.15) is 0 Å². The highest BCUT2D eigenvalue weighted by Gasteiger charge is 2.54. The zero-order valence-electron chi connectivity index (χ0n) is 21.3. The Morgan fingerprint density at radius 2 is 1.69 bits per heavy atom. The monoisotopic (exact) mass is 477 g/mol. The van der Waals surface area contributed by atoms with Gasteiger partial charge in [0.15, 0.2) is 0 Å². The van der Waals surface area contributed by atoms with Crippen LogP contribution < -0.4 is 0 Å². The first-order valence-electron chi connectivity index (χ1n) is 12.8. The Morgan fingerprint density at radius 1 is 0.917 bits per heavy atom. The van der Waals surface area contributed by atoms with Gasteiger partial charge in [-0.3, -0.25) is 4.98 Å². The SMILES string of the molecule is CCCCCn1c(C)c(C2(c3c(C)c(C)c4ccccn34)OC(=O)c3cccnc32)c2ccccc21. The quantitative estimate of drug-likeness (QED) is 0.198. The molecule has 6 rings (SSSR count). The van der Waals surface area contributed by atoms with E-state index in [1.165, 1.54) is 18.4 Å². The molecule has 0 N–H and O–H groups in total. The number of nitrogens with zero attached hydrogens (tertiary/aromatic N) is 3. The number of fused-ring (bicyclic) bond motifs is 3. The fourth-order valence-electron chi connectivity index (χ4n) is 6.15. The fourth-order valence-corrected chi connectivity index (χ4v) is 6.15. The Hall–Kier alpha value is -3.86. The summed E-state index contributed by atoms with van der Waals surface area (Å²) in [6.45, 7) is 9.58. The number of benzene rings is 1. The normalized spacial score (nSPS) is 17.2. The topological polar surface area (TPSA) is 48.5 Å². The number of unbranched alkanes of at least 4 members (excludes halogenated alkanes) is 2. The molecule has 1 aliphatic heterocycles. The van der Waals surface area contributed by atoms with Gasteiger partial charge in [-0.25, -0.2) is 4.79 Å². The molecule has 1 atom stereocenters. The molecular formula is C31H31N3O2. The molecule has 36 heavy (non-hydrogen) atoms. The molecule has 5 heterocycles. The fraction of sp³-hybridized carbons (Fsp3) is 0.290. The van der Waals surface area contributed by atoms with Crippen molar-refractivity contribution in [2.24, 2.45) is 0 Å². The van der Waals surface area contributed by atoms with E-state index in [9.17, 15) is 4.79 Å². The molecule has 5 heteroatoms. The second kappa shape index (κ2) is 8.37. The van der Waals surface area contributed by atoms with E-state index >= 15 is 0 Å². The third-order valence-corrected chi connectivity index (χ3v) is 7.91. The summed E-state index contributed by atoms with van der Waals surface area (Å²) in [5.74, 6) is -0.330. The van der Waals surface area contributed by atoms with Crippen LogP contribution in [0.2, 0.25) is 0 Å². The van der Waals surface area contributed by atoms with Gasteiger partial charge in [0.05, 0.1) is 11.3 Å². The van der Waals surface area contributed by atoms with Crippen molar-refractivity contribution < 1.29 is 9.53 Å². The molecule has 0 fully saturated rings. The van der Waals surface area contributed by atoms with Crippen molar-refractivity contribution in [3.63, 3.8) is 0 Å². The third-order valence-electron chi connectivity index (χ3n) is 7.91. The summed E-state index contributed by atoms with van der Waals surface area (Å²) in [7, 11) is 0. The standard InChI is InChI=1S/C31H31N3O2/c1-5-6-10-18-33-22(4)27(23-13-7-8-16-26(23)33)31(28-24(30(35)36-31)14-12-17-32-28)29-21(3)20(2)25-15-9-11-19-34(25)29/h7-9,11-17,19H,5-6,10,18H2,1-4H3. The van der Waals surface area contributed by atoms with Gasteiger partial charge in [0.2, 0.25) is 5.60 Å². The summed E-state index contributed by atoms with van der Waals surface area (Å²) < 4.78 is 11.2. The number of aryl methyl sites for hydroxylation is 2. The Balaban J connectivity index is 1.77. The second-order valence-corrected chi connectivity index (χ2v) is 9.86. The number of rotatable bonds is 6. The lowest BCUT2D eigenvalue weighted by molar-refractivity contribution is 0.0228. The van der Waals surface area contributed by atoms with Gasteiger partial charge in [0.25, 0.3) is 0 Å². The van der Waals surface area contributed by atoms with Crippen LogP contribution in [0.3, 0.4) is 0 Å². The summed E-state index contributed by atoms with van der Waals surface area (Å²) in [5, 5.41) is 1.10. The van der Waals surface area contributed by atoms with E-state index in [1.807, 2.05) is 18.2 Å². The number of aromatic nitrogens is 3. The van der Waals surface area contributed by atoms with Crippen LogP contribution in [0, 0.1) is 20.8 Å². The van der Waals surface area contributed by atoms with Crippen LogP contribution in [-0.2, 0) is 16.9 Å². The van der Waals surface area contributed by atoms with Crippen molar-refractivity contribution in [2.75, 3.05) is 0 Å². The van der Waals surface area contributed by atoms with Crippen molar-refractivity contribution in [3.8, 4) is 0 Å². The molecule has 0 saturated carbocycles. The van der Waals surface area contributed by atoms with Gasteiger partial charge in [0, 0.05) is 46.6 Å². The molecule has 5 nitrogen and oxygen atoms in total. The van der Waals surface area contributed by atoms with Gasteiger partial charge in [-0.1, -0.05) is 44.0 Å². The molecule has 0 bridgehead atoms. The zero-order chi connectivity index (χ0) is 25.0. The van der Waals surface area contributed by atoms with E-state index in [4.69, 9.17) is 9.72 Å². The molecule has 5 aromatic rings. The van der Waals surface area contributed by atoms with Crippen molar-refractivity contribution in [3.05, 3.63) is 106 Å². The highest BCUT2D eigenvalue weighted by molar-refractivity contribution is 5.98. The van der Waals surface area contributed by atoms with Crippen LogP contribution in [0.4, 0.5) is 0 Å². The average Bonchev–Trinajstić information content (AvgIpc) is 3.45. The van der Waals surface area contributed by atoms with E-state index in [0.717, 1.165) is 51.9 Å². The van der Waals surface area contributed by atoms with Crippen LogP contribution >= 0.6 is 0 Å². The number of carbonyl (C=O) groups is 1. The van der Waals surface area contributed by atoms with Gasteiger partial charge in [0.1, 0.15) is 5.69 Å². The maximum Gasteiger partial charge on any atom is 0.341 e. The minimum absolute atomic E-state index is 0.330. The van der Waals surface area contributed by atoms with E-state index < -0.39 is 5.60 Å². The summed E-state index contributed by atoms with van der Waals surface area (Å²) >= 11 is 0. The molecule has 0 radical (unpaired) electrons. The predicted octanol–water partition coefficient (Wildman–Crippen LogP) is 6.87.